The molecule has 5 rings (SSSR count). The number of ketones is 1. The van der Waals surface area contributed by atoms with Crippen LogP contribution in [0.5, 0.6) is 0 Å². The lowest BCUT2D eigenvalue weighted by molar-refractivity contribution is 0.0768. The van der Waals surface area contributed by atoms with Gasteiger partial charge >= 0.3 is 0 Å². The molecule has 0 unspecified atom stereocenters. The Labute approximate surface area is 201 Å². The molecule has 174 valence electrons. The molecule has 0 N–H and O–H groups in total. The number of benzene rings is 2. The molecule has 0 fully saturated rings. The van der Waals surface area contributed by atoms with Crippen LogP contribution in [0.1, 0.15) is 51.7 Å². The average molecular weight is 466 g/mol. The maximum Gasteiger partial charge on any atom is 0.280 e. The van der Waals surface area contributed by atoms with Crippen molar-refractivity contribution in [3.8, 4) is 17.3 Å². The molecule has 1 aliphatic heterocycles. The largest absolute Gasteiger partial charge is 0.333 e. The molecule has 8 nitrogen and oxygen atoms in total. The third-order valence-electron chi connectivity index (χ3n) is 6.30. The highest BCUT2D eigenvalue weighted by Crippen LogP contribution is 2.26. The molecule has 8 heteroatoms. The summed E-state index contributed by atoms with van der Waals surface area (Å²) in [6, 6.07) is 19.6. The second-order valence-electron chi connectivity index (χ2n) is 8.58. The van der Waals surface area contributed by atoms with Crippen LogP contribution >= 0.6 is 0 Å². The number of rotatable bonds is 7. The molecule has 0 bridgehead atoms. The molecule has 0 radical (unpaired) electrons. The molecule has 0 spiro atoms. The number of Topliss-reactive ketones (excluding diaryl/α,β-unsaturated/α-hetero) is 1. The standard InChI is InChI=1S/C27H23N5O3/c1-2-3-13-30-16-21-25(27(30)35)31(17-23(33)20-11-9-18(15-28)10-12-20)24-14-22(29-32(24)26(21)34)19-7-5-4-6-8-19/h4-12,14H,2-3,13,16-17H2,1H3. The van der Waals surface area contributed by atoms with Crippen molar-refractivity contribution in [3.63, 3.8) is 0 Å². The molecule has 35 heavy (non-hydrogen) atoms. The summed E-state index contributed by atoms with van der Waals surface area (Å²) in [5.74, 6) is -0.479. The van der Waals surface area contributed by atoms with Crippen LogP contribution in [0.3, 0.4) is 0 Å². The fourth-order valence-electron chi connectivity index (χ4n) is 4.42. The minimum atomic E-state index is -0.341. The van der Waals surface area contributed by atoms with Crippen LogP contribution in [0.15, 0.2) is 65.5 Å². The van der Waals surface area contributed by atoms with Crippen molar-refractivity contribution in [2.75, 3.05) is 6.54 Å². The highest BCUT2D eigenvalue weighted by molar-refractivity contribution is 6.00. The monoisotopic (exact) mass is 465 g/mol. The zero-order valence-electron chi connectivity index (χ0n) is 19.3. The van der Waals surface area contributed by atoms with Gasteiger partial charge in [-0.05, 0) is 18.6 Å². The Balaban J connectivity index is 1.65. The van der Waals surface area contributed by atoms with Gasteiger partial charge in [0.05, 0.1) is 36.0 Å². The van der Waals surface area contributed by atoms with Crippen molar-refractivity contribution in [3.05, 3.63) is 93.4 Å². The predicted molar refractivity (Wildman–Crippen MR) is 130 cm³/mol. The maximum absolute atomic E-state index is 13.4. The minimum absolute atomic E-state index is 0.134. The fraction of sp³-hybridized carbons (Fsp3) is 0.222. The van der Waals surface area contributed by atoms with Crippen LogP contribution in [0.4, 0.5) is 0 Å². The van der Waals surface area contributed by atoms with E-state index in [0.29, 0.717) is 34.6 Å². The molecule has 2 aromatic heterocycles. The summed E-state index contributed by atoms with van der Waals surface area (Å²) in [5, 5.41) is 13.6. The van der Waals surface area contributed by atoms with Crippen LogP contribution in [0.25, 0.3) is 16.9 Å². The van der Waals surface area contributed by atoms with Crippen molar-refractivity contribution in [2.45, 2.75) is 32.9 Å². The number of carbonyl (C=O) groups is 2. The van der Waals surface area contributed by atoms with Gasteiger partial charge in [-0.25, -0.2) is 0 Å². The first-order valence-corrected chi connectivity index (χ1v) is 11.5. The maximum atomic E-state index is 13.4. The van der Waals surface area contributed by atoms with Crippen LogP contribution in [-0.4, -0.2) is 37.3 Å². The third kappa shape index (κ3) is 3.91. The summed E-state index contributed by atoms with van der Waals surface area (Å²) >= 11 is 0. The van der Waals surface area contributed by atoms with Gasteiger partial charge in [0.15, 0.2) is 5.78 Å². The SMILES string of the molecule is CCCCN1Cc2c(n(CC(=O)c3ccc(C#N)cc3)c3cc(-c4ccccc4)nn3c2=O)C1=O. The van der Waals surface area contributed by atoms with Gasteiger partial charge in [0, 0.05) is 23.7 Å². The van der Waals surface area contributed by atoms with Gasteiger partial charge in [-0.3, -0.25) is 14.4 Å². The molecule has 0 saturated heterocycles. The van der Waals surface area contributed by atoms with Crippen molar-refractivity contribution in [1.29, 1.82) is 5.26 Å². The quantitative estimate of drug-likeness (QED) is 0.388. The number of carbonyl (C=O) groups excluding carboxylic acids is 2. The van der Waals surface area contributed by atoms with E-state index in [0.717, 1.165) is 18.4 Å². The molecule has 0 saturated carbocycles. The molecule has 0 aliphatic carbocycles. The Kier molecular flexibility index (Phi) is 5.75. The molecule has 4 aromatic rings. The number of aromatic nitrogens is 3. The zero-order chi connectivity index (χ0) is 24.5. The lowest BCUT2D eigenvalue weighted by Crippen LogP contribution is -2.28. The van der Waals surface area contributed by atoms with E-state index in [1.165, 1.54) is 4.52 Å². The topological polar surface area (TPSA) is 100 Å². The van der Waals surface area contributed by atoms with Crippen LogP contribution in [0.2, 0.25) is 0 Å². The van der Waals surface area contributed by atoms with Gasteiger partial charge in [-0.15, -0.1) is 0 Å². The van der Waals surface area contributed by atoms with Gasteiger partial charge in [-0.2, -0.15) is 14.9 Å². The number of nitrogens with zero attached hydrogens (tertiary/aromatic N) is 5. The lowest BCUT2D eigenvalue weighted by atomic mass is 10.1. The number of unbranched alkanes of at least 4 members (excludes halogenated alkanes) is 1. The summed E-state index contributed by atoms with van der Waals surface area (Å²) in [7, 11) is 0. The number of amides is 1. The second-order valence-corrected chi connectivity index (χ2v) is 8.58. The highest BCUT2D eigenvalue weighted by Gasteiger charge is 2.35. The summed E-state index contributed by atoms with van der Waals surface area (Å²) in [6.45, 7) is 2.66. The van der Waals surface area contributed by atoms with Crippen LogP contribution in [-0.2, 0) is 13.1 Å². The van der Waals surface area contributed by atoms with Crippen molar-refractivity contribution in [2.24, 2.45) is 0 Å². The molecule has 0 atom stereocenters. The van der Waals surface area contributed by atoms with Crippen molar-refractivity contribution in [1.82, 2.24) is 19.1 Å². The van der Waals surface area contributed by atoms with E-state index in [4.69, 9.17) is 5.26 Å². The van der Waals surface area contributed by atoms with E-state index in [9.17, 15) is 14.4 Å². The Bertz CT molecular complexity index is 1540. The number of nitriles is 1. The van der Waals surface area contributed by atoms with Crippen LogP contribution in [0, 0.1) is 11.3 Å². The zero-order valence-corrected chi connectivity index (χ0v) is 19.3. The fourth-order valence-corrected chi connectivity index (χ4v) is 4.42. The van der Waals surface area contributed by atoms with E-state index in [1.54, 1.807) is 39.8 Å². The Morgan fingerprint density at radius 1 is 1.09 bits per heavy atom. The molecular weight excluding hydrogens is 442 g/mol. The molecule has 1 aliphatic rings. The first-order chi connectivity index (χ1) is 17.0. The lowest BCUT2D eigenvalue weighted by Gasteiger charge is -2.15. The minimum Gasteiger partial charge on any atom is -0.333 e. The molecule has 3 heterocycles. The number of hydrogen-bond donors (Lipinski definition) is 0. The van der Waals surface area contributed by atoms with Crippen molar-refractivity contribution < 1.29 is 9.59 Å². The van der Waals surface area contributed by atoms with Gasteiger partial charge in [0.1, 0.15) is 11.3 Å². The predicted octanol–water partition coefficient (Wildman–Crippen LogP) is 3.67. The normalized spacial score (nSPS) is 12.7. The van der Waals surface area contributed by atoms with E-state index < -0.39 is 0 Å². The third-order valence-corrected chi connectivity index (χ3v) is 6.30. The van der Waals surface area contributed by atoms with Crippen LogP contribution < -0.4 is 5.56 Å². The molecule has 1 amide bonds. The van der Waals surface area contributed by atoms with Gasteiger partial charge in [0.2, 0.25) is 0 Å². The Morgan fingerprint density at radius 2 is 1.83 bits per heavy atom. The smallest absolute Gasteiger partial charge is 0.280 e. The molecular formula is C27H23N5O3. The summed E-state index contributed by atoms with van der Waals surface area (Å²) in [5.41, 5.74) is 2.95. The Hall–Kier alpha value is -4.51. The summed E-state index contributed by atoms with van der Waals surface area (Å²) in [4.78, 5) is 41.7. The summed E-state index contributed by atoms with van der Waals surface area (Å²) in [6.07, 6.45) is 1.75. The summed E-state index contributed by atoms with van der Waals surface area (Å²) < 4.78 is 2.91. The van der Waals surface area contributed by atoms with E-state index >= 15 is 0 Å². The van der Waals surface area contributed by atoms with E-state index in [1.807, 2.05) is 43.3 Å². The van der Waals surface area contributed by atoms with Gasteiger partial charge < -0.3 is 9.47 Å². The number of fused-ring (bicyclic) bond motifs is 2. The van der Waals surface area contributed by atoms with Crippen molar-refractivity contribution >= 4 is 17.3 Å². The second kappa shape index (κ2) is 9.03. The molecule has 2 aromatic carbocycles. The first-order valence-electron chi connectivity index (χ1n) is 11.5. The number of hydrogen-bond acceptors (Lipinski definition) is 5. The average Bonchev–Trinajstić information content (AvgIpc) is 3.48. The van der Waals surface area contributed by atoms with E-state index in [2.05, 4.69) is 5.10 Å². The van der Waals surface area contributed by atoms with E-state index in [-0.39, 0.29) is 36.0 Å². The highest BCUT2D eigenvalue weighted by atomic mass is 16.2. The Morgan fingerprint density at radius 3 is 2.51 bits per heavy atom. The van der Waals surface area contributed by atoms with Gasteiger partial charge in [0.25, 0.3) is 11.5 Å². The first kappa shape index (κ1) is 22.3. The van der Waals surface area contributed by atoms with Gasteiger partial charge in [-0.1, -0.05) is 55.8 Å².